The van der Waals surface area contributed by atoms with E-state index < -0.39 is 23.2 Å². The predicted molar refractivity (Wildman–Crippen MR) is 127 cm³/mol. The van der Waals surface area contributed by atoms with Crippen molar-refractivity contribution in [1.29, 1.82) is 0 Å². The Morgan fingerprint density at radius 1 is 0.750 bits per heavy atom. The zero-order valence-corrected chi connectivity index (χ0v) is 24.5. The standard InChI is InChI=1S/C21H25.C8H9.2ClH.Zr/c1-20(2,3)16-7-9-18-14(12-16)11-15-13-17(21(4,5)6)8-10-19(15)18;1-7(2)8-5-3-4-6-8;;;/h7-13H,1-6H3;3-5H,1-2H3;2*1H;/q;;;;+2/p-2. The Labute approximate surface area is 219 Å². The van der Waals surface area contributed by atoms with Gasteiger partial charge >= 0.3 is 196 Å². The molecule has 3 heteroatoms. The summed E-state index contributed by atoms with van der Waals surface area (Å²) in [6.07, 6.45) is 6.97. The SMILES string of the molecule is CC(C)=C1C=CC=[C]1[Zr+2][CH]1c2cc(C(C)(C)C)ccc2-c2ccc(C(C)(C)C)cc21.[Cl-].[Cl-]. The molecule has 0 N–H and O–H groups in total. The van der Waals surface area contributed by atoms with Crippen LogP contribution in [0.5, 0.6) is 0 Å². The maximum Gasteiger partial charge on any atom is -1.00 e. The summed E-state index contributed by atoms with van der Waals surface area (Å²) in [6.45, 7) is 18.5. The molecular weight excluding hydrogens is 510 g/mol. The van der Waals surface area contributed by atoms with Crippen LogP contribution in [0.4, 0.5) is 0 Å². The Morgan fingerprint density at radius 2 is 1.22 bits per heavy atom. The van der Waals surface area contributed by atoms with Gasteiger partial charge in [-0.05, 0) is 0 Å². The van der Waals surface area contributed by atoms with Gasteiger partial charge in [0.05, 0.1) is 0 Å². The van der Waals surface area contributed by atoms with Crippen LogP contribution in [-0.4, -0.2) is 0 Å². The molecule has 4 rings (SSSR count). The van der Waals surface area contributed by atoms with Gasteiger partial charge < -0.3 is 24.8 Å². The average molecular weight is 545 g/mol. The van der Waals surface area contributed by atoms with E-state index >= 15 is 0 Å². The van der Waals surface area contributed by atoms with Gasteiger partial charge in [-0.25, -0.2) is 0 Å². The molecule has 0 saturated carbocycles. The van der Waals surface area contributed by atoms with Crippen LogP contribution in [0.3, 0.4) is 0 Å². The molecule has 0 nitrogen and oxygen atoms in total. The Hall–Kier alpha value is -0.877. The Kier molecular flexibility index (Phi) is 8.36. The topological polar surface area (TPSA) is 0 Å². The van der Waals surface area contributed by atoms with Crippen LogP contribution in [-0.2, 0) is 34.1 Å². The number of hydrogen-bond donors (Lipinski definition) is 0. The monoisotopic (exact) mass is 542 g/mol. The van der Waals surface area contributed by atoms with E-state index in [2.05, 4.69) is 110 Å². The first-order chi connectivity index (χ1) is 14.0. The summed E-state index contributed by atoms with van der Waals surface area (Å²) in [4.78, 5) is 0. The third-order valence-corrected chi connectivity index (χ3v) is 10.5. The van der Waals surface area contributed by atoms with Gasteiger partial charge in [0.25, 0.3) is 0 Å². The van der Waals surface area contributed by atoms with Crippen LogP contribution < -0.4 is 24.8 Å². The fraction of sp³-hybridized carbons (Fsp3) is 0.379. The van der Waals surface area contributed by atoms with E-state index in [4.69, 9.17) is 0 Å². The number of benzene rings is 2. The zero-order chi connectivity index (χ0) is 21.8. The summed E-state index contributed by atoms with van der Waals surface area (Å²) < 4.78 is 2.23. The molecule has 2 aliphatic carbocycles. The fourth-order valence-electron chi connectivity index (χ4n) is 4.49. The van der Waals surface area contributed by atoms with Gasteiger partial charge in [-0.1, -0.05) is 0 Å². The second kappa shape index (κ2) is 9.78. The molecular formula is C29H34Cl2Zr. The van der Waals surface area contributed by atoms with Gasteiger partial charge in [-0.3, -0.25) is 0 Å². The summed E-state index contributed by atoms with van der Waals surface area (Å²) >= 11 is -0.878. The number of rotatable bonds is 2. The summed E-state index contributed by atoms with van der Waals surface area (Å²) in [5, 5.41) is 0. The first-order valence-corrected chi connectivity index (χ1v) is 13.7. The molecule has 0 amide bonds. The number of halogens is 2. The van der Waals surface area contributed by atoms with Crippen LogP contribution in [0, 0.1) is 0 Å². The molecule has 0 saturated heterocycles. The van der Waals surface area contributed by atoms with Crippen molar-refractivity contribution >= 4 is 0 Å². The van der Waals surface area contributed by atoms with E-state index in [0.29, 0.717) is 3.63 Å². The molecule has 2 aromatic carbocycles. The Bertz CT molecular complexity index is 1040. The fourth-order valence-corrected chi connectivity index (χ4v) is 8.86. The van der Waals surface area contributed by atoms with Crippen molar-refractivity contribution < 1.29 is 48.0 Å². The second-order valence-electron chi connectivity index (χ2n) is 11.0. The molecule has 0 unspecified atom stereocenters. The van der Waals surface area contributed by atoms with Gasteiger partial charge in [0.1, 0.15) is 0 Å². The number of allylic oxidation sites excluding steroid dienone is 6. The maximum atomic E-state index is 2.53. The second-order valence-corrected chi connectivity index (χ2v) is 14.5. The number of fused-ring (bicyclic) bond motifs is 3. The van der Waals surface area contributed by atoms with Crippen molar-refractivity contribution in [2.45, 2.75) is 69.8 Å². The molecule has 0 radical (unpaired) electrons. The van der Waals surface area contributed by atoms with E-state index in [1.54, 1.807) is 14.4 Å². The largest absolute Gasteiger partial charge is 1.00 e. The minimum Gasteiger partial charge on any atom is -1.00 e. The summed E-state index contributed by atoms with van der Waals surface area (Å²) in [6, 6.07) is 14.6. The van der Waals surface area contributed by atoms with E-state index in [0.717, 1.165) is 0 Å². The minimum absolute atomic E-state index is 0. The molecule has 168 valence electrons. The normalized spacial score (nSPS) is 14.8. The minimum atomic E-state index is -0.878. The zero-order valence-electron chi connectivity index (χ0n) is 20.5. The summed E-state index contributed by atoms with van der Waals surface area (Å²) in [7, 11) is 0. The third kappa shape index (κ3) is 5.11. The summed E-state index contributed by atoms with van der Waals surface area (Å²) in [5.41, 5.74) is 12.3. The van der Waals surface area contributed by atoms with Crippen LogP contribution in [0.1, 0.15) is 81.3 Å². The third-order valence-electron chi connectivity index (χ3n) is 6.40. The van der Waals surface area contributed by atoms with Gasteiger partial charge in [0.2, 0.25) is 0 Å². The average Bonchev–Trinajstić information content (AvgIpc) is 3.23. The van der Waals surface area contributed by atoms with Crippen molar-refractivity contribution in [3.8, 4) is 11.1 Å². The smallest absolute Gasteiger partial charge is 1.00 e. The first kappa shape index (κ1) is 27.4. The van der Waals surface area contributed by atoms with E-state index in [1.807, 2.05) is 0 Å². The quantitative estimate of drug-likeness (QED) is 0.544. The van der Waals surface area contributed by atoms with Crippen molar-refractivity contribution in [1.82, 2.24) is 0 Å². The molecule has 0 atom stereocenters. The van der Waals surface area contributed by atoms with Crippen molar-refractivity contribution in [2.24, 2.45) is 0 Å². The molecule has 0 spiro atoms. The number of hydrogen-bond acceptors (Lipinski definition) is 0. The van der Waals surface area contributed by atoms with Crippen LogP contribution in [0.15, 0.2) is 69.1 Å². The molecule has 0 aromatic heterocycles. The van der Waals surface area contributed by atoms with Crippen LogP contribution in [0.2, 0.25) is 0 Å². The van der Waals surface area contributed by atoms with Gasteiger partial charge in [-0.15, -0.1) is 0 Å². The van der Waals surface area contributed by atoms with Crippen molar-refractivity contribution in [2.75, 3.05) is 0 Å². The van der Waals surface area contributed by atoms with Gasteiger partial charge in [0.15, 0.2) is 0 Å². The molecule has 0 aliphatic heterocycles. The maximum absolute atomic E-state index is 2.53. The van der Waals surface area contributed by atoms with E-state index in [-0.39, 0.29) is 35.6 Å². The van der Waals surface area contributed by atoms with Crippen LogP contribution >= 0.6 is 0 Å². The first-order valence-electron chi connectivity index (χ1n) is 11.1. The van der Waals surface area contributed by atoms with Crippen LogP contribution in [0.25, 0.3) is 11.1 Å². The van der Waals surface area contributed by atoms with Gasteiger partial charge in [0, 0.05) is 0 Å². The molecule has 0 heterocycles. The Balaban J connectivity index is 0.00000181. The van der Waals surface area contributed by atoms with Crippen molar-refractivity contribution in [3.05, 3.63) is 91.3 Å². The van der Waals surface area contributed by atoms with Crippen molar-refractivity contribution in [3.63, 3.8) is 0 Å². The Morgan fingerprint density at radius 3 is 1.62 bits per heavy atom. The van der Waals surface area contributed by atoms with E-state index in [1.165, 1.54) is 33.4 Å². The predicted octanol–water partition coefficient (Wildman–Crippen LogP) is 2.23. The molecule has 2 aliphatic rings. The summed E-state index contributed by atoms with van der Waals surface area (Å²) in [5.74, 6) is 0. The van der Waals surface area contributed by atoms with Gasteiger partial charge in [-0.2, -0.15) is 0 Å². The molecule has 0 bridgehead atoms. The molecule has 0 fully saturated rings. The molecule has 32 heavy (non-hydrogen) atoms. The molecule has 2 aromatic rings. The van der Waals surface area contributed by atoms with E-state index in [9.17, 15) is 0 Å².